The standard InChI is InChI=1S/C79H82N2/c1-11-13-15-17-19-59-41-56(6)43-63(47-59)73-45-58(8)46-75-74(64-44-57(7)42-60(48-64)20-18-16-14-12-2)49-62(50-76(73)75)61-27-35-68(36-28-61)81(67-33-25-55(5)26-34-67)70-38-40-72-71-39-37-69(51-77(71)79(9,10)78(72)52-70)80(65-29-21-53(3)22-30-65)66-31-23-54(4)24-32-66/h21-52H,11-20H2,1-10H3. The van der Waals surface area contributed by atoms with Gasteiger partial charge in [-0.1, -0.05) is 203 Å². The van der Waals surface area contributed by atoms with Crippen LogP contribution in [-0.4, -0.2) is 0 Å². The molecule has 0 spiro atoms. The second-order valence-corrected chi connectivity index (χ2v) is 24.3. The van der Waals surface area contributed by atoms with Gasteiger partial charge in [0.25, 0.3) is 0 Å². The number of aryl methyl sites for hydroxylation is 8. The summed E-state index contributed by atoms with van der Waals surface area (Å²) in [6, 6.07) is 74.9. The summed E-state index contributed by atoms with van der Waals surface area (Å²) < 4.78 is 0. The summed E-state index contributed by atoms with van der Waals surface area (Å²) in [5, 5.41) is 2.62. The molecule has 11 rings (SSSR count). The van der Waals surface area contributed by atoms with Gasteiger partial charge >= 0.3 is 0 Å². The largest absolute Gasteiger partial charge is 0.310 e. The van der Waals surface area contributed by atoms with Crippen LogP contribution in [0.5, 0.6) is 0 Å². The quantitative estimate of drug-likeness (QED) is 0.0745. The maximum Gasteiger partial charge on any atom is 0.0465 e. The number of unbranched alkanes of at least 4 members (excludes halogenated alkanes) is 6. The van der Waals surface area contributed by atoms with E-state index < -0.39 is 0 Å². The van der Waals surface area contributed by atoms with Crippen LogP contribution >= 0.6 is 0 Å². The predicted molar refractivity (Wildman–Crippen MR) is 351 cm³/mol. The zero-order chi connectivity index (χ0) is 56.4. The molecule has 0 saturated heterocycles. The van der Waals surface area contributed by atoms with Crippen LogP contribution in [0.25, 0.3) is 55.3 Å². The highest BCUT2D eigenvalue weighted by atomic mass is 15.1. The topological polar surface area (TPSA) is 6.48 Å². The number of anilines is 6. The van der Waals surface area contributed by atoms with Crippen LogP contribution in [0.2, 0.25) is 0 Å². The molecule has 0 heterocycles. The summed E-state index contributed by atoms with van der Waals surface area (Å²) >= 11 is 0. The summed E-state index contributed by atoms with van der Waals surface area (Å²) in [5.74, 6) is 0. The Morgan fingerprint density at radius 2 is 0.667 bits per heavy atom. The fourth-order valence-electron chi connectivity index (χ4n) is 12.9. The van der Waals surface area contributed by atoms with Gasteiger partial charge in [0, 0.05) is 39.5 Å². The van der Waals surface area contributed by atoms with Crippen LogP contribution in [0.15, 0.2) is 194 Å². The molecule has 0 fully saturated rings. The lowest BCUT2D eigenvalue weighted by Crippen LogP contribution is -2.17. The number of nitrogens with zero attached hydrogens (tertiary/aromatic N) is 2. The second kappa shape index (κ2) is 23.6. The molecule has 0 unspecified atom stereocenters. The maximum absolute atomic E-state index is 2.49. The Bertz CT molecular complexity index is 3810. The molecule has 0 saturated carbocycles. The predicted octanol–water partition coefficient (Wildman–Crippen LogP) is 23.2. The van der Waals surface area contributed by atoms with Crippen molar-refractivity contribution in [2.45, 2.75) is 139 Å². The molecular weight excluding hydrogens is 977 g/mol. The van der Waals surface area contributed by atoms with Crippen molar-refractivity contribution in [3.05, 3.63) is 250 Å². The molecule has 408 valence electrons. The monoisotopic (exact) mass is 1060 g/mol. The minimum atomic E-state index is -0.251. The highest BCUT2D eigenvalue weighted by molar-refractivity contribution is 6.07. The number of rotatable bonds is 19. The van der Waals surface area contributed by atoms with Gasteiger partial charge in [-0.3, -0.25) is 0 Å². The minimum Gasteiger partial charge on any atom is -0.310 e. The first-order valence-electron chi connectivity index (χ1n) is 30.2. The zero-order valence-corrected chi connectivity index (χ0v) is 49.9. The highest BCUT2D eigenvalue weighted by Crippen LogP contribution is 2.53. The Morgan fingerprint density at radius 1 is 0.284 bits per heavy atom. The van der Waals surface area contributed by atoms with Crippen LogP contribution in [0.1, 0.15) is 135 Å². The molecule has 0 amide bonds. The smallest absolute Gasteiger partial charge is 0.0465 e. The fourth-order valence-corrected chi connectivity index (χ4v) is 12.9. The third-order valence-electron chi connectivity index (χ3n) is 17.2. The molecule has 1 aliphatic rings. The zero-order valence-electron chi connectivity index (χ0n) is 49.9. The average Bonchev–Trinajstić information content (AvgIpc) is 3.74. The minimum absolute atomic E-state index is 0.251. The van der Waals surface area contributed by atoms with Crippen molar-refractivity contribution in [2.75, 3.05) is 9.80 Å². The lowest BCUT2D eigenvalue weighted by Gasteiger charge is -2.29. The molecular formula is C79H82N2. The summed E-state index contributed by atoms with van der Waals surface area (Å²) in [6.45, 7) is 22.7. The van der Waals surface area contributed by atoms with Crippen LogP contribution in [0.4, 0.5) is 34.1 Å². The fraction of sp³-hybridized carbons (Fsp3) is 0.266. The van der Waals surface area contributed by atoms with E-state index in [2.05, 4.69) is 273 Å². The molecule has 1 aliphatic carbocycles. The molecule has 10 aromatic carbocycles. The van der Waals surface area contributed by atoms with Crippen molar-refractivity contribution in [1.82, 2.24) is 0 Å². The molecule has 2 nitrogen and oxygen atoms in total. The van der Waals surface area contributed by atoms with Crippen molar-refractivity contribution in [1.29, 1.82) is 0 Å². The van der Waals surface area contributed by atoms with E-state index in [1.807, 2.05) is 0 Å². The van der Waals surface area contributed by atoms with Crippen LogP contribution in [-0.2, 0) is 18.3 Å². The maximum atomic E-state index is 2.49. The van der Waals surface area contributed by atoms with Gasteiger partial charge < -0.3 is 9.80 Å². The Hall–Kier alpha value is -7.94. The molecule has 0 atom stereocenters. The van der Waals surface area contributed by atoms with Crippen molar-refractivity contribution in [3.63, 3.8) is 0 Å². The van der Waals surface area contributed by atoms with Crippen LogP contribution in [0, 0.1) is 41.5 Å². The second-order valence-electron chi connectivity index (χ2n) is 24.3. The Morgan fingerprint density at radius 3 is 1.10 bits per heavy atom. The van der Waals surface area contributed by atoms with E-state index in [-0.39, 0.29) is 5.41 Å². The van der Waals surface area contributed by atoms with E-state index in [0.717, 1.165) is 47.0 Å². The lowest BCUT2D eigenvalue weighted by atomic mass is 9.82. The normalized spacial score (nSPS) is 12.4. The van der Waals surface area contributed by atoms with Gasteiger partial charge in [-0.2, -0.15) is 0 Å². The van der Waals surface area contributed by atoms with E-state index in [1.165, 1.54) is 162 Å². The summed E-state index contributed by atoms with van der Waals surface area (Å²) in [4.78, 5) is 4.85. The van der Waals surface area contributed by atoms with E-state index >= 15 is 0 Å². The van der Waals surface area contributed by atoms with E-state index in [4.69, 9.17) is 0 Å². The first kappa shape index (κ1) is 55.0. The van der Waals surface area contributed by atoms with Gasteiger partial charge in [-0.15, -0.1) is 0 Å². The van der Waals surface area contributed by atoms with Crippen LogP contribution in [0.3, 0.4) is 0 Å². The molecule has 10 aromatic rings. The Kier molecular flexibility index (Phi) is 16.1. The van der Waals surface area contributed by atoms with Crippen molar-refractivity contribution in [2.24, 2.45) is 0 Å². The Labute approximate surface area is 485 Å². The average molecular weight is 1060 g/mol. The van der Waals surface area contributed by atoms with Gasteiger partial charge in [0.15, 0.2) is 0 Å². The van der Waals surface area contributed by atoms with E-state index in [0.29, 0.717) is 0 Å². The van der Waals surface area contributed by atoms with Crippen LogP contribution < -0.4 is 9.80 Å². The van der Waals surface area contributed by atoms with Crippen molar-refractivity contribution >= 4 is 44.9 Å². The third kappa shape index (κ3) is 11.7. The first-order chi connectivity index (χ1) is 39.2. The first-order valence-corrected chi connectivity index (χ1v) is 30.2. The van der Waals surface area contributed by atoms with Crippen molar-refractivity contribution < 1.29 is 0 Å². The number of benzene rings is 10. The third-order valence-corrected chi connectivity index (χ3v) is 17.2. The van der Waals surface area contributed by atoms with Gasteiger partial charge in [-0.05, 0) is 235 Å². The van der Waals surface area contributed by atoms with Gasteiger partial charge in [0.2, 0.25) is 0 Å². The molecule has 2 heteroatoms. The SMILES string of the molecule is CCCCCCc1cc(C)cc(-c2cc(-c3ccc(N(c4ccc(C)cc4)c4ccc5c(c4)C(C)(C)c4cc(N(c6ccc(C)cc6)c6ccc(C)cc6)ccc4-5)cc3)cc3c(-c4cc(C)cc(CCCCCC)c4)cc(C)cc23)c1. The molecule has 0 N–H and O–H groups in total. The van der Waals surface area contributed by atoms with Crippen molar-refractivity contribution in [3.8, 4) is 44.5 Å². The summed E-state index contributed by atoms with van der Waals surface area (Å²) in [5.41, 5.74) is 30.1. The van der Waals surface area contributed by atoms with E-state index in [1.54, 1.807) is 0 Å². The summed E-state index contributed by atoms with van der Waals surface area (Å²) in [7, 11) is 0. The van der Waals surface area contributed by atoms with Gasteiger partial charge in [-0.25, -0.2) is 0 Å². The van der Waals surface area contributed by atoms with E-state index in [9.17, 15) is 0 Å². The Balaban J connectivity index is 0.999. The lowest BCUT2D eigenvalue weighted by molar-refractivity contribution is 0.660. The summed E-state index contributed by atoms with van der Waals surface area (Å²) in [6.07, 6.45) is 12.3. The number of hydrogen-bond donors (Lipinski definition) is 0. The molecule has 0 aliphatic heterocycles. The van der Waals surface area contributed by atoms with Gasteiger partial charge in [0.1, 0.15) is 0 Å². The molecule has 0 radical (unpaired) electrons. The molecule has 81 heavy (non-hydrogen) atoms. The molecule has 0 aromatic heterocycles. The number of hydrogen-bond acceptors (Lipinski definition) is 2. The number of fused-ring (bicyclic) bond motifs is 4. The molecule has 0 bridgehead atoms. The highest BCUT2D eigenvalue weighted by Gasteiger charge is 2.37. The van der Waals surface area contributed by atoms with Gasteiger partial charge in [0.05, 0.1) is 0 Å².